The van der Waals surface area contributed by atoms with Crippen molar-refractivity contribution < 1.29 is 19.0 Å². The van der Waals surface area contributed by atoms with Gasteiger partial charge in [-0.25, -0.2) is 4.98 Å². The van der Waals surface area contributed by atoms with E-state index in [1.54, 1.807) is 29.7 Å². The summed E-state index contributed by atoms with van der Waals surface area (Å²) >= 11 is 3.54. The fraction of sp³-hybridized carbons (Fsp3) is 0.630. The fourth-order valence-corrected chi connectivity index (χ4v) is 11.4. The van der Waals surface area contributed by atoms with Gasteiger partial charge in [-0.3, -0.25) is 34.0 Å². The van der Waals surface area contributed by atoms with Crippen LogP contribution in [0.5, 0.6) is 0 Å². The molecule has 2 aliphatic carbocycles. The number of hydrogen-bond donors (Lipinski definition) is 1. The van der Waals surface area contributed by atoms with Gasteiger partial charge in [0.1, 0.15) is 19.2 Å². The Morgan fingerprint density at radius 2 is 1.08 bits per heavy atom. The smallest absolute Gasteiger partial charge is 0.234 e. The molecule has 2 aliphatic rings. The highest BCUT2D eigenvalue weighted by Gasteiger charge is 2.27. The first-order valence-electron chi connectivity index (χ1n) is 38.5. The maximum atomic E-state index is 11.0. The van der Waals surface area contributed by atoms with Crippen LogP contribution in [0.3, 0.4) is 0 Å². The normalized spacial score (nSPS) is 13.3. The van der Waals surface area contributed by atoms with Crippen molar-refractivity contribution in [1.82, 2.24) is 49.3 Å². The molecule has 0 unspecified atom stereocenters. The summed E-state index contributed by atoms with van der Waals surface area (Å²) in [7, 11) is 8.16. The summed E-state index contributed by atoms with van der Waals surface area (Å²) in [4.78, 5) is 45.5. The van der Waals surface area contributed by atoms with Crippen molar-refractivity contribution in [3.63, 3.8) is 0 Å². The molecular weight excluding hydrogens is 1370 g/mol. The number of ketones is 2. The first-order valence-corrected chi connectivity index (χ1v) is 40.2. The molecule has 0 aliphatic heterocycles. The lowest BCUT2D eigenvalue weighted by Gasteiger charge is -2.22. The lowest BCUT2D eigenvalue weighted by molar-refractivity contribution is -0.683. The van der Waals surface area contributed by atoms with Gasteiger partial charge in [0.05, 0.1) is 22.8 Å². The Labute approximate surface area is 668 Å². The van der Waals surface area contributed by atoms with Crippen LogP contribution in [0, 0.1) is 62.2 Å². The quantitative estimate of drug-likeness (QED) is 0.115. The first kappa shape index (κ1) is 103. The van der Waals surface area contributed by atoms with E-state index >= 15 is 0 Å². The number of H-pyrrole nitrogens is 1. The van der Waals surface area contributed by atoms with Gasteiger partial charge in [-0.15, -0.1) is 11.3 Å². The molecular formula is C92H156N11O3S2+. The van der Waals surface area contributed by atoms with Gasteiger partial charge in [0.15, 0.2) is 17.3 Å². The van der Waals surface area contributed by atoms with Crippen LogP contribution in [0.25, 0.3) is 0 Å². The summed E-state index contributed by atoms with van der Waals surface area (Å²) in [6, 6.07) is 8.02. The number of nitrogens with zero attached hydrogens (tertiary/aromatic N) is 10. The number of aromatic amines is 1. The standard InChI is InChI=1S/C10H18N2.2C10H14O.2C9H16N2.C9H16NS.C9H13N.C7H12N2.C7H11NS.C7H16.C5H10O/c1-7-9(10(3,4)5)8(2)12(6)11-7;1-10(2,3)8-4-6-9(11)7-5-8;1-10(2,3)8-5-4-6-9(11)7-8;1-7-10-6-8(11(7)5)9(2,3)4;1-7-8(9(2,3)4)6-10-11(7)5;1-7-10(5)8(6-11-7)9(2,3)4;1-9(2,3)8-6-4-5-7-10-8;1-7(2,3)6-4-5-8-9-6;1-7(2,3)6-4-8-5-9-6;1-6(2)7(3,4)5;1-5(2,3)4-6/h1-6H3;4-6H,7H2,1-3H3;4-5,7H,6H2,1-3H3;3*6H,1-5H3;4-7H,1-3H3;4-5H,1-3H3,(H,8,9);4-5H,1-3H3;6H,1-5H3;4H,1-3H3/q;;;;;+1;;;;;. The average Bonchev–Trinajstić information content (AvgIpc) is 1.48. The van der Waals surface area contributed by atoms with Gasteiger partial charge < -0.3 is 9.36 Å². The zero-order valence-electron chi connectivity index (χ0n) is 76.9. The van der Waals surface area contributed by atoms with Gasteiger partial charge in [0.25, 0.3) is 0 Å². The Kier molecular flexibility index (Phi) is 41.3. The van der Waals surface area contributed by atoms with E-state index in [9.17, 15) is 14.4 Å². The predicted molar refractivity (Wildman–Crippen MR) is 467 cm³/mol. The molecule has 0 fully saturated rings. The molecule has 0 saturated heterocycles. The highest BCUT2D eigenvalue weighted by Crippen LogP contribution is 2.32. The highest BCUT2D eigenvalue weighted by molar-refractivity contribution is 7.09. The third-order valence-corrected chi connectivity index (χ3v) is 20.0. The van der Waals surface area contributed by atoms with E-state index in [2.05, 4.69) is 319 Å². The SMILES string of the molecule is CC(C)(C)C1=CC(=O)CC=C1.CC(C)(C)C1=CCC(=O)C=C1.CC(C)(C)C=O.CC(C)(C)c1ccccn1.CC(C)(C)c1ccn[nH]1.CC(C)(C)c1cncs1.CC(C)C(C)(C)C.Cc1c(C(C)(C)C)cnn1C.Cc1ncc(C(C)(C)C)n1C.Cc1nn(C)c(C)c1C(C)(C)C.Cc1scc(C(C)(C)C)[n+]1C. The number of aldehydes is 1. The zero-order valence-corrected chi connectivity index (χ0v) is 78.5. The van der Waals surface area contributed by atoms with Crippen molar-refractivity contribution in [1.29, 1.82) is 0 Å². The minimum atomic E-state index is -0.139. The lowest BCUT2D eigenvalue weighted by atomic mass is 9.83. The van der Waals surface area contributed by atoms with Crippen LogP contribution < -0.4 is 4.57 Å². The van der Waals surface area contributed by atoms with Crippen molar-refractivity contribution in [2.24, 2.45) is 55.8 Å². The van der Waals surface area contributed by atoms with Gasteiger partial charge in [-0.1, -0.05) is 284 Å². The molecule has 108 heavy (non-hydrogen) atoms. The highest BCUT2D eigenvalue weighted by atomic mass is 32.1. The van der Waals surface area contributed by atoms with Crippen LogP contribution in [0.15, 0.2) is 114 Å². The van der Waals surface area contributed by atoms with E-state index < -0.39 is 0 Å². The van der Waals surface area contributed by atoms with Gasteiger partial charge in [0, 0.05) is 132 Å². The molecule has 0 spiro atoms. The second-order valence-electron chi connectivity index (χ2n) is 40.0. The summed E-state index contributed by atoms with van der Waals surface area (Å²) < 4.78 is 8.28. The van der Waals surface area contributed by atoms with Crippen LogP contribution in [0.1, 0.15) is 322 Å². The molecule has 14 nitrogen and oxygen atoms in total. The number of hydrogen-bond acceptors (Lipinski definition) is 11. The minimum absolute atomic E-state index is 0.104. The summed E-state index contributed by atoms with van der Waals surface area (Å²) in [6.45, 7) is 86.3. The molecule has 16 heteroatoms. The van der Waals surface area contributed by atoms with E-state index in [1.165, 1.54) is 55.1 Å². The fourth-order valence-electron chi connectivity index (χ4n) is 9.64. The van der Waals surface area contributed by atoms with Crippen molar-refractivity contribution >= 4 is 40.5 Å². The van der Waals surface area contributed by atoms with Crippen LogP contribution in [0.4, 0.5) is 0 Å². The number of aromatic nitrogens is 11. The molecule has 1 N–H and O–H groups in total. The molecule has 0 radical (unpaired) electrons. The Balaban J connectivity index is 0. The Hall–Kier alpha value is -6.78. The first-order chi connectivity index (χ1) is 48.4. The number of allylic oxidation sites excluding steroid dienone is 8. The number of carbonyl (C=O) groups is 3. The lowest BCUT2D eigenvalue weighted by Crippen LogP contribution is -2.38. The molecule has 0 saturated carbocycles. The molecule has 608 valence electrons. The van der Waals surface area contributed by atoms with Crippen LogP contribution >= 0.6 is 22.7 Å². The molecule has 7 heterocycles. The summed E-state index contributed by atoms with van der Waals surface area (Å²) in [5.74, 6) is 2.30. The molecule has 7 aromatic heterocycles. The van der Waals surface area contributed by atoms with Crippen molar-refractivity contribution in [3.8, 4) is 0 Å². The predicted octanol–water partition coefficient (Wildman–Crippen LogP) is 24.0. The molecule has 7 aromatic rings. The number of aryl methyl sites for hydroxylation is 5. The van der Waals surface area contributed by atoms with Crippen LogP contribution in [-0.2, 0) is 80.5 Å². The van der Waals surface area contributed by atoms with E-state index in [0.29, 0.717) is 18.3 Å². The topological polar surface area (TPSA) is 163 Å². The number of nitrogens with one attached hydrogen (secondary N) is 1. The van der Waals surface area contributed by atoms with Gasteiger partial charge in [0.2, 0.25) is 5.01 Å². The number of carbonyl (C=O) groups excluding carboxylic acids is 3. The molecule has 9 rings (SSSR count). The molecule has 0 amide bonds. The monoisotopic (exact) mass is 1530 g/mol. The molecule has 0 atom stereocenters. The summed E-state index contributed by atoms with van der Waals surface area (Å²) in [5.41, 5.74) is 17.9. The average molecular weight is 1530 g/mol. The van der Waals surface area contributed by atoms with E-state index in [4.69, 9.17) is 0 Å². The number of rotatable bonds is 0. The van der Waals surface area contributed by atoms with E-state index in [0.717, 1.165) is 35.0 Å². The van der Waals surface area contributed by atoms with Crippen LogP contribution in [0.2, 0.25) is 0 Å². The maximum Gasteiger partial charge on any atom is 0.234 e. The minimum Gasteiger partial charge on any atom is -0.335 e. The van der Waals surface area contributed by atoms with Gasteiger partial charge in [-0.2, -0.15) is 19.9 Å². The van der Waals surface area contributed by atoms with E-state index in [1.807, 2.05) is 135 Å². The number of imidazole rings is 1. The second-order valence-corrected chi connectivity index (χ2v) is 42.0. The van der Waals surface area contributed by atoms with Gasteiger partial charge >= 0.3 is 0 Å². The Morgan fingerprint density at radius 3 is 1.30 bits per heavy atom. The largest absolute Gasteiger partial charge is 0.335 e. The second kappa shape index (κ2) is 43.1. The number of pyridine rings is 1. The van der Waals surface area contributed by atoms with Gasteiger partial charge in [-0.05, 0) is 113 Å². The van der Waals surface area contributed by atoms with Crippen molar-refractivity contribution in [2.75, 3.05) is 0 Å². The van der Waals surface area contributed by atoms with E-state index in [-0.39, 0.29) is 65.7 Å². The third-order valence-electron chi connectivity index (χ3n) is 17.9. The molecule has 0 aromatic carbocycles. The summed E-state index contributed by atoms with van der Waals surface area (Å²) in [5, 5.41) is 19.0. The summed E-state index contributed by atoms with van der Waals surface area (Å²) in [6.07, 6.45) is 22.9. The van der Waals surface area contributed by atoms with Crippen molar-refractivity contribution in [2.45, 2.75) is 328 Å². The van der Waals surface area contributed by atoms with Crippen molar-refractivity contribution in [3.05, 3.63) is 180 Å². The zero-order chi connectivity index (χ0) is 85.1. The maximum absolute atomic E-state index is 11.0. The third kappa shape index (κ3) is 40.8. The molecule has 0 bridgehead atoms. The Morgan fingerprint density at radius 1 is 0.546 bits per heavy atom. The van der Waals surface area contributed by atoms with Crippen LogP contribution in [-0.4, -0.2) is 67.1 Å². The number of thiazole rings is 2. The Bertz CT molecular complexity index is 3690.